The number of nitrogens with one attached hydrogen (secondary N) is 1. The Labute approximate surface area is 114 Å². The van der Waals surface area contributed by atoms with Gasteiger partial charge in [-0.05, 0) is 62.3 Å². The molecule has 0 saturated heterocycles. The van der Waals surface area contributed by atoms with Crippen LogP contribution in [-0.4, -0.2) is 12.6 Å². The Bertz CT molecular complexity index is 230. The summed E-state index contributed by atoms with van der Waals surface area (Å²) in [6, 6.07) is 0.670. The lowest BCUT2D eigenvalue weighted by Gasteiger charge is -2.39. The van der Waals surface area contributed by atoms with Crippen LogP contribution in [0.1, 0.15) is 66.2 Å². The molecule has 0 bridgehead atoms. The van der Waals surface area contributed by atoms with Crippen LogP contribution in [0.2, 0.25) is 0 Å². The molecule has 1 nitrogen and oxygen atoms in total. The summed E-state index contributed by atoms with van der Waals surface area (Å²) in [4.78, 5) is 0. The van der Waals surface area contributed by atoms with Crippen molar-refractivity contribution in [1.82, 2.24) is 5.32 Å². The van der Waals surface area contributed by atoms with E-state index in [1.54, 1.807) is 0 Å². The second-order valence-electron chi connectivity index (χ2n) is 7.06. The lowest BCUT2D eigenvalue weighted by Crippen LogP contribution is -2.39. The predicted octanol–water partition coefficient (Wildman–Crippen LogP) is 4.78. The molecule has 1 heteroatoms. The van der Waals surface area contributed by atoms with E-state index in [0.29, 0.717) is 11.5 Å². The lowest BCUT2D eigenvalue weighted by atomic mass is 9.68. The molecule has 106 valence electrons. The van der Waals surface area contributed by atoms with Gasteiger partial charge in [-0.1, -0.05) is 33.8 Å². The first-order valence-corrected chi connectivity index (χ1v) is 7.83. The Kier molecular flexibility index (Phi) is 6.42. The first-order valence-electron chi connectivity index (χ1n) is 7.83. The molecule has 1 aliphatic carbocycles. The molecule has 1 unspecified atom stereocenters. The fraction of sp³-hybridized carbons (Fsp3) is 0.882. The van der Waals surface area contributed by atoms with Gasteiger partial charge in [-0.15, -0.1) is 6.58 Å². The highest BCUT2D eigenvalue weighted by Crippen LogP contribution is 2.41. The van der Waals surface area contributed by atoms with Crippen LogP contribution in [0.3, 0.4) is 0 Å². The van der Waals surface area contributed by atoms with E-state index in [1.165, 1.54) is 32.1 Å². The fourth-order valence-corrected chi connectivity index (χ4v) is 3.34. The lowest BCUT2D eigenvalue weighted by molar-refractivity contribution is 0.133. The Morgan fingerprint density at radius 2 is 1.83 bits per heavy atom. The maximum Gasteiger partial charge on any atom is 0.0130 e. The van der Waals surface area contributed by atoms with E-state index in [0.717, 1.165) is 24.8 Å². The van der Waals surface area contributed by atoms with Crippen molar-refractivity contribution in [3.63, 3.8) is 0 Å². The molecule has 0 aromatic rings. The van der Waals surface area contributed by atoms with Crippen LogP contribution >= 0.6 is 0 Å². The number of hydrogen-bond donors (Lipinski definition) is 1. The topological polar surface area (TPSA) is 12.0 Å². The van der Waals surface area contributed by atoms with Gasteiger partial charge in [0.1, 0.15) is 0 Å². The molecule has 0 heterocycles. The van der Waals surface area contributed by atoms with Crippen molar-refractivity contribution in [1.29, 1.82) is 0 Å². The largest absolute Gasteiger partial charge is 0.313 e. The minimum atomic E-state index is 0.496. The van der Waals surface area contributed by atoms with Crippen LogP contribution in [0.4, 0.5) is 0 Å². The molecule has 0 aliphatic heterocycles. The molecule has 0 aromatic heterocycles. The molecule has 1 atom stereocenters. The van der Waals surface area contributed by atoms with E-state index in [-0.39, 0.29) is 0 Å². The third kappa shape index (κ3) is 4.76. The highest BCUT2D eigenvalue weighted by molar-refractivity contribution is 4.88. The summed E-state index contributed by atoms with van der Waals surface area (Å²) in [7, 11) is 0. The summed E-state index contributed by atoms with van der Waals surface area (Å²) < 4.78 is 0. The zero-order valence-corrected chi connectivity index (χ0v) is 13.0. The Morgan fingerprint density at radius 3 is 2.28 bits per heavy atom. The minimum Gasteiger partial charge on any atom is -0.313 e. The van der Waals surface area contributed by atoms with Gasteiger partial charge < -0.3 is 5.32 Å². The molecule has 1 fully saturated rings. The van der Waals surface area contributed by atoms with Gasteiger partial charge in [0.15, 0.2) is 0 Å². The molecule has 1 rings (SSSR count). The molecule has 1 aliphatic rings. The molecular weight excluding hydrogens is 218 g/mol. The Balaban J connectivity index is 2.45. The van der Waals surface area contributed by atoms with Crippen molar-refractivity contribution in [3.05, 3.63) is 12.7 Å². The fourth-order valence-electron chi connectivity index (χ4n) is 3.34. The van der Waals surface area contributed by atoms with Gasteiger partial charge >= 0.3 is 0 Å². The second-order valence-corrected chi connectivity index (χ2v) is 7.06. The summed E-state index contributed by atoms with van der Waals surface area (Å²) in [6.45, 7) is 14.5. The summed E-state index contributed by atoms with van der Waals surface area (Å²) in [5.74, 6) is 1.79. The van der Waals surface area contributed by atoms with E-state index < -0.39 is 0 Å². The first kappa shape index (κ1) is 15.8. The zero-order valence-electron chi connectivity index (χ0n) is 13.0. The molecule has 1 saturated carbocycles. The van der Waals surface area contributed by atoms with E-state index in [4.69, 9.17) is 0 Å². The normalized spacial score (nSPS) is 26.9. The summed E-state index contributed by atoms with van der Waals surface area (Å²) in [5.41, 5.74) is 0.496. The van der Waals surface area contributed by atoms with E-state index >= 15 is 0 Å². The van der Waals surface area contributed by atoms with Crippen LogP contribution in [0.5, 0.6) is 0 Å². The quantitative estimate of drug-likeness (QED) is 0.670. The van der Waals surface area contributed by atoms with Gasteiger partial charge in [-0.2, -0.15) is 0 Å². The Morgan fingerprint density at radius 1 is 1.22 bits per heavy atom. The molecule has 0 spiro atoms. The second kappa shape index (κ2) is 7.33. The first-order chi connectivity index (χ1) is 8.49. The highest BCUT2D eigenvalue weighted by atomic mass is 14.9. The average Bonchev–Trinajstić information content (AvgIpc) is 2.33. The highest BCUT2D eigenvalue weighted by Gasteiger charge is 2.32. The number of hydrogen-bond acceptors (Lipinski definition) is 1. The maximum absolute atomic E-state index is 3.92. The molecule has 0 amide bonds. The molecule has 0 aromatic carbocycles. The van der Waals surface area contributed by atoms with Crippen molar-refractivity contribution in [2.75, 3.05) is 6.54 Å². The summed E-state index contributed by atoms with van der Waals surface area (Å²) in [5, 5.41) is 3.72. The van der Waals surface area contributed by atoms with Crippen LogP contribution < -0.4 is 5.32 Å². The predicted molar refractivity (Wildman–Crippen MR) is 81.8 cm³/mol. The zero-order chi connectivity index (χ0) is 13.6. The molecule has 1 N–H and O–H groups in total. The van der Waals surface area contributed by atoms with Gasteiger partial charge in [0, 0.05) is 6.04 Å². The van der Waals surface area contributed by atoms with Crippen molar-refractivity contribution in [3.8, 4) is 0 Å². The summed E-state index contributed by atoms with van der Waals surface area (Å²) in [6.07, 6.45) is 10.1. The van der Waals surface area contributed by atoms with Gasteiger partial charge in [-0.3, -0.25) is 0 Å². The van der Waals surface area contributed by atoms with E-state index in [2.05, 4.69) is 45.7 Å². The van der Waals surface area contributed by atoms with Gasteiger partial charge in [0.25, 0.3) is 0 Å². The van der Waals surface area contributed by atoms with Crippen molar-refractivity contribution < 1.29 is 0 Å². The smallest absolute Gasteiger partial charge is 0.0130 e. The van der Waals surface area contributed by atoms with Crippen molar-refractivity contribution in [2.45, 2.75) is 72.3 Å². The molecule has 0 radical (unpaired) electrons. The maximum atomic E-state index is 3.92. The third-order valence-electron chi connectivity index (χ3n) is 4.64. The van der Waals surface area contributed by atoms with Crippen molar-refractivity contribution in [2.24, 2.45) is 17.3 Å². The monoisotopic (exact) mass is 251 g/mol. The van der Waals surface area contributed by atoms with Gasteiger partial charge in [0.05, 0.1) is 0 Å². The standard InChI is InChI=1S/C17H33N/c1-6-8-16(18-13-7-2)14-9-11-15(12-10-14)17(3,4)5/h6,14-16,18H,1,7-13H2,2-5H3. The van der Waals surface area contributed by atoms with Gasteiger partial charge in [0.2, 0.25) is 0 Å². The Hall–Kier alpha value is -0.300. The molecular formula is C17H33N. The van der Waals surface area contributed by atoms with Crippen molar-refractivity contribution >= 4 is 0 Å². The minimum absolute atomic E-state index is 0.496. The average molecular weight is 251 g/mol. The van der Waals surface area contributed by atoms with Crippen LogP contribution in [-0.2, 0) is 0 Å². The van der Waals surface area contributed by atoms with Crippen LogP contribution in [0.15, 0.2) is 12.7 Å². The van der Waals surface area contributed by atoms with Gasteiger partial charge in [-0.25, -0.2) is 0 Å². The van der Waals surface area contributed by atoms with E-state index in [9.17, 15) is 0 Å². The molecule has 18 heavy (non-hydrogen) atoms. The third-order valence-corrected chi connectivity index (χ3v) is 4.64. The summed E-state index contributed by atoms with van der Waals surface area (Å²) >= 11 is 0. The van der Waals surface area contributed by atoms with Crippen LogP contribution in [0, 0.1) is 17.3 Å². The number of rotatable bonds is 6. The SMILES string of the molecule is C=CCC(NCCC)C1CCC(C(C)(C)C)CC1. The van der Waals surface area contributed by atoms with Crippen LogP contribution in [0.25, 0.3) is 0 Å². The van der Waals surface area contributed by atoms with E-state index in [1.807, 2.05) is 0 Å².